The van der Waals surface area contributed by atoms with Crippen molar-refractivity contribution in [3.8, 4) is 0 Å². The average molecular weight is 473 g/mol. The van der Waals surface area contributed by atoms with Gasteiger partial charge in [-0.1, -0.05) is 59.6 Å². The molecule has 0 bridgehead atoms. The predicted octanol–water partition coefficient (Wildman–Crippen LogP) is 2.47. The van der Waals surface area contributed by atoms with E-state index >= 15 is 0 Å². The highest BCUT2D eigenvalue weighted by Gasteiger charge is 2.41. The molecule has 2 aromatic carbocycles. The van der Waals surface area contributed by atoms with E-state index in [0.717, 1.165) is 11.8 Å². The van der Waals surface area contributed by atoms with Gasteiger partial charge in [0.1, 0.15) is 6.04 Å². The van der Waals surface area contributed by atoms with Gasteiger partial charge in [0, 0.05) is 10.6 Å². The number of carbonyl (C=O) groups is 1. The van der Waals surface area contributed by atoms with E-state index in [-0.39, 0.29) is 13.0 Å². The fourth-order valence-corrected chi connectivity index (χ4v) is 4.49. The Morgan fingerprint density at radius 2 is 1.80 bits per heavy atom. The summed E-state index contributed by atoms with van der Waals surface area (Å²) in [5.41, 5.74) is 1.35. The topological polar surface area (TPSA) is 93.7 Å². The van der Waals surface area contributed by atoms with Crippen LogP contribution < -0.4 is 10.0 Å². The van der Waals surface area contributed by atoms with Gasteiger partial charge in [0.2, 0.25) is 21.7 Å². The van der Waals surface area contributed by atoms with Crippen LogP contribution in [0.3, 0.4) is 0 Å². The molecule has 1 amide bonds. The van der Waals surface area contributed by atoms with Gasteiger partial charge < -0.3 is 14.8 Å². The number of benzene rings is 2. The number of rotatable bonds is 8. The smallest absolute Gasteiger partial charge is 0.238 e. The normalized spacial score (nSPS) is 16.9. The second kappa shape index (κ2) is 9.64. The van der Waals surface area contributed by atoms with Crippen LogP contribution >= 0.6 is 23.2 Å². The van der Waals surface area contributed by atoms with Gasteiger partial charge in [-0.25, -0.2) is 13.1 Å². The second-order valence-corrected chi connectivity index (χ2v) is 9.55. The summed E-state index contributed by atoms with van der Waals surface area (Å²) in [6.07, 6.45) is 1.20. The number of halogens is 2. The number of amides is 1. The van der Waals surface area contributed by atoms with E-state index in [1.54, 1.807) is 18.2 Å². The standard InChI is InChI=1S/C20H22Cl2N2O5S/c1-30(26,27)24-18(11-14-5-3-2-4-6-14)19(25)23-13-20(28-9-10-29-20)16-8-7-15(21)12-17(16)22/h2-8,12,18,24H,9-11,13H2,1H3,(H,23,25). The highest BCUT2D eigenvalue weighted by Crippen LogP contribution is 2.36. The van der Waals surface area contributed by atoms with Crippen molar-refractivity contribution in [3.05, 3.63) is 69.7 Å². The maximum atomic E-state index is 12.9. The molecule has 30 heavy (non-hydrogen) atoms. The Bertz CT molecular complexity index is 996. The summed E-state index contributed by atoms with van der Waals surface area (Å²) >= 11 is 12.3. The van der Waals surface area contributed by atoms with Crippen molar-refractivity contribution < 1.29 is 22.7 Å². The molecule has 1 heterocycles. The number of ether oxygens (including phenoxy) is 2. The monoisotopic (exact) mass is 472 g/mol. The maximum absolute atomic E-state index is 12.9. The zero-order chi connectivity index (χ0) is 21.8. The Kier molecular flexibility index (Phi) is 7.38. The Labute approximate surface area is 185 Å². The molecule has 2 aromatic rings. The molecular formula is C20H22Cl2N2O5S. The molecule has 1 aliphatic heterocycles. The highest BCUT2D eigenvalue weighted by atomic mass is 35.5. The number of sulfonamides is 1. The molecule has 0 aromatic heterocycles. The first-order chi connectivity index (χ1) is 14.2. The van der Waals surface area contributed by atoms with Crippen LogP contribution in [0.4, 0.5) is 0 Å². The molecule has 162 valence electrons. The fraction of sp³-hybridized carbons (Fsp3) is 0.350. The van der Waals surface area contributed by atoms with Crippen LogP contribution in [0, 0.1) is 0 Å². The third-order valence-corrected chi connectivity index (χ3v) is 5.81. The van der Waals surface area contributed by atoms with Crippen LogP contribution in [0.15, 0.2) is 48.5 Å². The number of carbonyl (C=O) groups excluding carboxylic acids is 1. The molecule has 1 aliphatic rings. The third-order valence-electron chi connectivity index (χ3n) is 4.55. The molecule has 0 radical (unpaired) electrons. The molecule has 1 fully saturated rings. The first-order valence-electron chi connectivity index (χ1n) is 9.21. The molecule has 1 saturated heterocycles. The minimum atomic E-state index is -3.61. The summed E-state index contributed by atoms with van der Waals surface area (Å²) in [5, 5.41) is 3.54. The summed E-state index contributed by atoms with van der Waals surface area (Å²) < 4.78 is 37.5. The summed E-state index contributed by atoms with van der Waals surface area (Å²) in [7, 11) is -3.61. The second-order valence-electron chi connectivity index (χ2n) is 6.92. The van der Waals surface area contributed by atoms with E-state index in [1.165, 1.54) is 0 Å². The van der Waals surface area contributed by atoms with E-state index in [4.69, 9.17) is 32.7 Å². The van der Waals surface area contributed by atoms with Crippen molar-refractivity contribution in [1.82, 2.24) is 10.0 Å². The van der Waals surface area contributed by atoms with Gasteiger partial charge >= 0.3 is 0 Å². The number of nitrogens with one attached hydrogen (secondary N) is 2. The van der Waals surface area contributed by atoms with Crippen LogP contribution in [-0.4, -0.2) is 46.4 Å². The minimum Gasteiger partial charge on any atom is -0.349 e. The number of hydrogen-bond donors (Lipinski definition) is 2. The van der Waals surface area contributed by atoms with Crippen molar-refractivity contribution in [2.45, 2.75) is 18.2 Å². The van der Waals surface area contributed by atoms with Crippen molar-refractivity contribution in [2.75, 3.05) is 26.0 Å². The molecule has 7 nitrogen and oxygen atoms in total. The van der Waals surface area contributed by atoms with Crippen LogP contribution in [-0.2, 0) is 36.5 Å². The first-order valence-corrected chi connectivity index (χ1v) is 11.9. The lowest BCUT2D eigenvalue weighted by Gasteiger charge is -2.30. The number of hydrogen-bond acceptors (Lipinski definition) is 5. The zero-order valence-electron chi connectivity index (χ0n) is 16.2. The Balaban J connectivity index is 1.78. The van der Waals surface area contributed by atoms with Gasteiger partial charge in [-0.15, -0.1) is 0 Å². The van der Waals surface area contributed by atoms with Crippen molar-refractivity contribution >= 4 is 39.1 Å². The van der Waals surface area contributed by atoms with E-state index in [0.29, 0.717) is 28.8 Å². The lowest BCUT2D eigenvalue weighted by atomic mass is 10.0. The third kappa shape index (κ3) is 5.94. The molecular weight excluding hydrogens is 451 g/mol. The predicted molar refractivity (Wildman–Crippen MR) is 115 cm³/mol. The summed E-state index contributed by atoms with van der Waals surface area (Å²) in [5.74, 6) is -1.78. The molecule has 1 unspecified atom stereocenters. The summed E-state index contributed by atoms with van der Waals surface area (Å²) in [4.78, 5) is 12.9. The summed E-state index contributed by atoms with van der Waals surface area (Å²) in [6, 6.07) is 13.0. The molecule has 0 spiro atoms. The lowest BCUT2D eigenvalue weighted by molar-refractivity contribution is -0.165. The first kappa shape index (κ1) is 23.0. The van der Waals surface area contributed by atoms with E-state index in [1.807, 2.05) is 30.3 Å². The molecule has 3 rings (SSSR count). The van der Waals surface area contributed by atoms with Crippen LogP contribution in [0.1, 0.15) is 11.1 Å². The SMILES string of the molecule is CS(=O)(=O)NC(Cc1ccccc1)C(=O)NCC1(c2ccc(Cl)cc2Cl)OCCO1. The summed E-state index contributed by atoms with van der Waals surface area (Å²) in [6.45, 7) is 0.595. The minimum absolute atomic E-state index is 0.0517. The van der Waals surface area contributed by atoms with Gasteiger partial charge in [0.05, 0.1) is 31.0 Å². The van der Waals surface area contributed by atoms with Crippen LogP contribution in [0.25, 0.3) is 0 Å². The Morgan fingerprint density at radius 1 is 1.13 bits per heavy atom. The van der Waals surface area contributed by atoms with Crippen molar-refractivity contribution in [1.29, 1.82) is 0 Å². The quantitative estimate of drug-likeness (QED) is 0.615. The van der Waals surface area contributed by atoms with Crippen LogP contribution in [0.2, 0.25) is 10.0 Å². The van der Waals surface area contributed by atoms with Crippen molar-refractivity contribution in [2.24, 2.45) is 0 Å². The van der Waals surface area contributed by atoms with E-state index in [2.05, 4.69) is 10.0 Å². The van der Waals surface area contributed by atoms with E-state index < -0.39 is 27.8 Å². The molecule has 1 atom stereocenters. The van der Waals surface area contributed by atoms with Gasteiger partial charge in [0.25, 0.3) is 0 Å². The molecule has 10 heteroatoms. The Hall–Kier alpha value is -1.68. The van der Waals surface area contributed by atoms with Gasteiger partial charge in [-0.3, -0.25) is 4.79 Å². The maximum Gasteiger partial charge on any atom is 0.238 e. The van der Waals surface area contributed by atoms with Gasteiger partial charge in [0.15, 0.2) is 0 Å². The van der Waals surface area contributed by atoms with Crippen molar-refractivity contribution in [3.63, 3.8) is 0 Å². The fourth-order valence-electron chi connectivity index (χ4n) is 3.23. The lowest BCUT2D eigenvalue weighted by Crippen LogP contribution is -2.51. The Morgan fingerprint density at radius 3 is 2.40 bits per heavy atom. The highest BCUT2D eigenvalue weighted by molar-refractivity contribution is 7.88. The average Bonchev–Trinajstić information content (AvgIpc) is 3.15. The van der Waals surface area contributed by atoms with E-state index in [9.17, 15) is 13.2 Å². The van der Waals surface area contributed by atoms with Gasteiger partial charge in [-0.05, 0) is 24.1 Å². The van der Waals surface area contributed by atoms with Gasteiger partial charge in [-0.2, -0.15) is 0 Å². The molecule has 0 aliphatic carbocycles. The van der Waals surface area contributed by atoms with Crippen LogP contribution in [0.5, 0.6) is 0 Å². The largest absolute Gasteiger partial charge is 0.349 e. The molecule has 0 saturated carbocycles. The molecule has 2 N–H and O–H groups in total. The zero-order valence-corrected chi connectivity index (χ0v) is 18.6.